The molecule has 6 nitrogen and oxygen atoms in total. The maximum atomic E-state index is 12.8. The van der Waals surface area contributed by atoms with Crippen molar-refractivity contribution in [1.82, 2.24) is 0 Å². The van der Waals surface area contributed by atoms with Gasteiger partial charge in [-0.05, 0) is 83.5 Å². The lowest BCUT2D eigenvalue weighted by Crippen LogP contribution is -2.30. The van der Waals surface area contributed by atoms with Gasteiger partial charge in [-0.3, -0.25) is 14.4 Å². The second-order valence-corrected chi connectivity index (χ2v) is 18.8. The van der Waals surface area contributed by atoms with Crippen LogP contribution in [0.2, 0.25) is 0 Å². The van der Waals surface area contributed by atoms with Crippen molar-refractivity contribution in [3.8, 4) is 0 Å². The van der Waals surface area contributed by atoms with Crippen LogP contribution in [0.1, 0.15) is 265 Å². The second kappa shape index (κ2) is 56.9. The summed E-state index contributed by atoms with van der Waals surface area (Å²) in [4.78, 5) is 37.9. The van der Waals surface area contributed by atoms with E-state index in [1.54, 1.807) is 0 Å². The van der Waals surface area contributed by atoms with Crippen LogP contribution in [0.3, 0.4) is 0 Å². The molecule has 1 unspecified atom stereocenters. The van der Waals surface area contributed by atoms with Crippen molar-refractivity contribution in [2.24, 2.45) is 0 Å². The Hall–Kier alpha value is -3.67. The monoisotopic (exact) mass is 959 g/mol. The third kappa shape index (κ3) is 55.1. The van der Waals surface area contributed by atoms with Crippen molar-refractivity contribution in [3.05, 3.63) is 97.2 Å². The van der Waals surface area contributed by atoms with E-state index in [1.165, 1.54) is 103 Å². The van der Waals surface area contributed by atoms with E-state index < -0.39 is 6.10 Å². The summed E-state index contributed by atoms with van der Waals surface area (Å²) in [5, 5.41) is 0. The molecule has 0 aromatic carbocycles. The van der Waals surface area contributed by atoms with Gasteiger partial charge in [0.25, 0.3) is 0 Å². The van der Waals surface area contributed by atoms with Gasteiger partial charge in [0.15, 0.2) is 6.10 Å². The van der Waals surface area contributed by atoms with Crippen LogP contribution in [0.15, 0.2) is 97.2 Å². The number of ether oxygens (including phenoxy) is 3. The molecular formula is C63H106O6. The first-order valence-electron chi connectivity index (χ1n) is 28.7. The van der Waals surface area contributed by atoms with Crippen LogP contribution in [0.5, 0.6) is 0 Å². The lowest BCUT2D eigenvalue weighted by molar-refractivity contribution is -0.167. The number of hydrogen-bond donors (Lipinski definition) is 0. The van der Waals surface area contributed by atoms with Crippen molar-refractivity contribution in [2.75, 3.05) is 13.2 Å². The first-order valence-corrected chi connectivity index (χ1v) is 28.7. The molecule has 69 heavy (non-hydrogen) atoms. The lowest BCUT2D eigenvalue weighted by atomic mass is 10.0. The molecule has 0 radical (unpaired) electrons. The number of esters is 3. The van der Waals surface area contributed by atoms with Gasteiger partial charge in [-0.1, -0.05) is 259 Å². The maximum Gasteiger partial charge on any atom is 0.306 e. The molecule has 0 N–H and O–H groups in total. The van der Waals surface area contributed by atoms with Gasteiger partial charge in [0, 0.05) is 19.3 Å². The predicted octanol–water partition coefficient (Wildman–Crippen LogP) is 19.3. The highest BCUT2D eigenvalue weighted by Crippen LogP contribution is 2.15. The Balaban J connectivity index is 4.18. The Morgan fingerprint density at radius 2 is 0.565 bits per heavy atom. The van der Waals surface area contributed by atoms with Crippen LogP contribution < -0.4 is 0 Å². The fraction of sp³-hybridized carbons (Fsp3) is 0.698. The molecular weight excluding hydrogens is 853 g/mol. The largest absolute Gasteiger partial charge is 0.462 e. The second-order valence-electron chi connectivity index (χ2n) is 18.8. The Kier molecular flexibility index (Phi) is 53.9. The number of allylic oxidation sites excluding steroid dienone is 16. The molecule has 0 heterocycles. The molecule has 6 heteroatoms. The standard InChI is InChI=1S/C63H106O6/c1-4-7-10-13-16-19-21-23-24-25-26-27-28-29-30-31-32-33-34-35-36-37-38-39-40-41-43-44-47-50-53-56-62(65)68-59-60(58-67-61(64)55-52-49-46-18-15-12-9-6-3)69-63(66)57-54-51-48-45-42-22-20-17-14-11-8-5-2/h7,10,16,19,23-24,26-27,29-30,32-33,35-36,38-39,60H,4-6,8-9,11-15,17-18,20-22,25,28,31,34,37,40-59H2,1-3H3/b10-7-,19-16-,24-23-,27-26-,30-29-,33-32-,36-35-,39-38-. The van der Waals surface area contributed by atoms with E-state index in [0.29, 0.717) is 19.3 Å². The normalized spacial score (nSPS) is 12.8. The van der Waals surface area contributed by atoms with Crippen molar-refractivity contribution in [3.63, 3.8) is 0 Å². The fourth-order valence-electron chi connectivity index (χ4n) is 7.81. The number of rotatable bonds is 51. The van der Waals surface area contributed by atoms with Crippen molar-refractivity contribution in [1.29, 1.82) is 0 Å². The molecule has 0 fully saturated rings. The summed E-state index contributed by atoms with van der Waals surface area (Å²) >= 11 is 0. The molecule has 1 atom stereocenters. The molecule has 0 rings (SSSR count). The zero-order valence-corrected chi connectivity index (χ0v) is 45.0. The highest BCUT2D eigenvalue weighted by Gasteiger charge is 2.19. The van der Waals surface area contributed by atoms with Gasteiger partial charge in [0.2, 0.25) is 0 Å². The van der Waals surface area contributed by atoms with Gasteiger partial charge in [-0.25, -0.2) is 0 Å². The number of carbonyl (C=O) groups excluding carboxylic acids is 3. The smallest absolute Gasteiger partial charge is 0.306 e. The molecule has 0 aliphatic rings. The number of carbonyl (C=O) groups is 3. The fourth-order valence-corrected chi connectivity index (χ4v) is 7.81. The minimum atomic E-state index is -0.778. The third-order valence-corrected chi connectivity index (χ3v) is 12.1. The van der Waals surface area contributed by atoms with Gasteiger partial charge in [-0.2, -0.15) is 0 Å². The van der Waals surface area contributed by atoms with Gasteiger partial charge >= 0.3 is 17.9 Å². The zero-order chi connectivity index (χ0) is 50.0. The van der Waals surface area contributed by atoms with Gasteiger partial charge in [0.05, 0.1) is 0 Å². The molecule has 0 aliphatic carbocycles. The average Bonchev–Trinajstić information content (AvgIpc) is 3.35. The highest BCUT2D eigenvalue weighted by molar-refractivity contribution is 5.71. The highest BCUT2D eigenvalue weighted by atomic mass is 16.6. The van der Waals surface area contributed by atoms with E-state index in [1.807, 2.05) is 0 Å². The van der Waals surface area contributed by atoms with Crippen LogP contribution in [-0.2, 0) is 28.6 Å². The molecule has 0 spiro atoms. The van der Waals surface area contributed by atoms with E-state index in [4.69, 9.17) is 14.2 Å². The summed E-state index contributed by atoms with van der Waals surface area (Å²) in [6, 6.07) is 0. The molecule has 0 saturated heterocycles. The van der Waals surface area contributed by atoms with E-state index in [-0.39, 0.29) is 31.1 Å². The molecule has 394 valence electrons. The predicted molar refractivity (Wildman–Crippen MR) is 297 cm³/mol. The summed E-state index contributed by atoms with van der Waals surface area (Å²) in [6.45, 7) is 6.48. The molecule has 0 saturated carbocycles. The first kappa shape index (κ1) is 65.3. The summed E-state index contributed by atoms with van der Waals surface area (Å²) < 4.78 is 16.8. The Morgan fingerprint density at radius 1 is 0.304 bits per heavy atom. The van der Waals surface area contributed by atoms with Gasteiger partial charge in [0.1, 0.15) is 13.2 Å². The third-order valence-electron chi connectivity index (χ3n) is 12.1. The summed E-state index contributed by atoms with van der Waals surface area (Å²) in [5.41, 5.74) is 0. The molecule has 0 aromatic rings. The van der Waals surface area contributed by atoms with Crippen LogP contribution >= 0.6 is 0 Å². The number of hydrogen-bond acceptors (Lipinski definition) is 6. The average molecular weight is 960 g/mol. The summed E-state index contributed by atoms with van der Waals surface area (Å²) in [7, 11) is 0. The van der Waals surface area contributed by atoms with Gasteiger partial charge < -0.3 is 14.2 Å². The van der Waals surface area contributed by atoms with Gasteiger partial charge in [-0.15, -0.1) is 0 Å². The topological polar surface area (TPSA) is 78.9 Å². The zero-order valence-electron chi connectivity index (χ0n) is 45.0. The first-order chi connectivity index (χ1) is 34.0. The molecule has 0 aliphatic heterocycles. The lowest BCUT2D eigenvalue weighted by Gasteiger charge is -2.18. The van der Waals surface area contributed by atoms with E-state index in [0.717, 1.165) is 122 Å². The summed E-state index contributed by atoms with van der Waals surface area (Å²) in [5.74, 6) is -0.896. The van der Waals surface area contributed by atoms with Crippen LogP contribution in [-0.4, -0.2) is 37.2 Å². The minimum Gasteiger partial charge on any atom is -0.462 e. The van der Waals surface area contributed by atoms with Crippen LogP contribution in [0.4, 0.5) is 0 Å². The Morgan fingerprint density at radius 3 is 0.884 bits per heavy atom. The van der Waals surface area contributed by atoms with Crippen molar-refractivity contribution in [2.45, 2.75) is 271 Å². The molecule has 0 aromatic heterocycles. The molecule has 0 amide bonds. The minimum absolute atomic E-state index is 0.0791. The maximum absolute atomic E-state index is 12.8. The van der Waals surface area contributed by atoms with Crippen LogP contribution in [0, 0.1) is 0 Å². The SMILES string of the molecule is CC/C=C\C/C=C\C/C=C\C/C=C\C/C=C\C/C=C\C/C=C\C/C=C\CCCCCCCCC(=O)OCC(COC(=O)CCCCCCCCCC)OC(=O)CCCCCCCCCCCCCC. The number of unbranched alkanes of at least 4 members (excludes halogenated alkanes) is 24. The quantitative estimate of drug-likeness (QED) is 0.0262. The Bertz CT molecular complexity index is 1380. The van der Waals surface area contributed by atoms with Crippen LogP contribution in [0.25, 0.3) is 0 Å². The Labute approximate surface area is 426 Å². The van der Waals surface area contributed by atoms with E-state index in [2.05, 4.69) is 118 Å². The summed E-state index contributed by atoms with van der Waals surface area (Å²) in [6.07, 6.45) is 75.6. The van der Waals surface area contributed by atoms with Crippen molar-refractivity contribution < 1.29 is 28.6 Å². The van der Waals surface area contributed by atoms with Crippen molar-refractivity contribution >= 4 is 17.9 Å². The van der Waals surface area contributed by atoms with E-state index >= 15 is 0 Å². The molecule has 0 bridgehead atoms. The van der Waals surface area contributed by atoms with E-state index in [9.17, 15) is 14.4 Å².